The fraction of sp³-hybridized carbons (Fsp3) is 0.0667. The number of benzene rings is 2. The summed E-state index contributed by atoms with van der Waals surface area (Å²) in [6.07, 6.45) is 0. The number of hydrogen-bond acceptors (Lipinski definition) is 4. The largest absolute Gasteiger partial charge is 0.482 e. The number of para-hydroxylation sites is 1. The molecule has 0 radical (unpaired) electrons. The molecule has 3 rings (SSSR count). The van der Waals surface area contributed by atoms with Crippen molar-refractivity contribution < 1.29 is 14.6 Å². The van der Waals surface area contributed by atoms with Crippen LogP contribution in [0.15, 0.2) is 48.5 Å². The van der Waals surface area contributed by atoms with Crippen LogP contribution in [-0.4, -0.2) is 22.7 Å². The number of aromatic nitrogens is 1. The lowest BCUT2D eigenvalue weighted by Crippen LogP contribution is -2.09. The van der Waals surface area contributed by atoms with Gasteiger partial charge in [-0.3, -0.25) is 0 Å². The summed E-state index contributed by atoms with van der Waals surface area (Å²) in [5.41, 5.74) is 1.89. The van der Waals surface area contributed by atoms with Crippen LogP contribution in [0.4, 0.5) is 0 Å². The Kier molecular flexibility index (Phi) is 3.35. The first-order valence-electron chi connectivity index (χ1n) is 6.03. The molecule has 0 saturated carbocycles. The molecule has 20 heavy (non-hydrogen) atoms. The molecular weight excluding hydrogens is 274 g/mol. The molecule has 100 valence electrons. The molecular formula is C15H11NO3S. The van der Waals surface area contributed by atoms with Crippen molar-refractivity contribution in [3.63, 3.8) is 0 Å². The molecule has 3 aromatic rings. The number of nitrogens with zero attached hydrogens (tertiary/aromatic N) is 1. The lowest BCUT2D eigenvalue weighted by molar-refractivity contribution is -0.139. The monoisotopic (exact) mass is 285 g/mol. The molecule has 1 aromatic heterocycles. The number of carboxylic acids is 1. The molecule has 2 aromatic carbocycles. The van der Waals surface area contributed by atoms with Gasteiger partial charge in [0.05, 0.1) is 10.2 Å². The minimum absolute atomic E-state index is 0.344. The predicted octanol–water partition coefficient (Wildman–Crippen LogP) is 3.43. The van der Waals surface area contributed by atoms with Crippen molar-refractivity contribution in [2.24, 2.45) is 0 Å². The van der Waals surface area contributed by atoms with Crippen LogP contribution in [0, 0.1) is 0 Å². The number of rotatable bonds is 4. The number of hydrogen-bond donors (Lipinski definition) is 1. The Labute approximate surface area is 119 Å². The van der Waals surface area contributed by atoms with Gasteiger partial charge < -0.3 is 9.84 Å². The summed E-state index contributed by atoms with van der Waals surface area (Å²) in [5, 5.41) is 9.52. The smallest absolute Gasteiger partial charge is 0.341 e. The van der Waals surface area contributed by atoms with Crippen molar-refractivity contribution >= 4 is 27.5 Å². The van der Waals surface area contributed by atoms with Crippen molar-refractivity contribution in [3.8, 4) is 16.3 Å². The second-order valence-electron chi connectivity index (χ2n) is 4.20. The van der Waals surface area contributed by atoms with E-state index < -0.39 is 5.97 Å². The fourth-order valence-electron chi connectivity index (χ4n) is 1.86. The first kappa shape index (κ1) is 12.6. The van der Waals surface area contributed by atoms with Crippen LogP contribution in [0.2, 0.25) is 0 Å². The van der Waals surface area contributed by atoms with Gasteiger partial charge in [-0.2, -0.15) is 0 Å². The van der Waals surface area contributed by atoms with Gasteiger partial charge in [-0.15, -0.1) is 11.3 Å². The van der Waals surface area contributed by atoms with E-state index in [1.54, 1.807) is 23.5 Å². The molecule has 1 N–H and O–H groups in total. The normalized spacial score (nSPS) is 10.6. The van der Waals surface area contributed by atoms with Gasteiger partial charge in [0.25, 0.3) is 0 Å². The highest BCUT2D eigenvalue weighted by atomic mass is 32.1. The van der Waals surface area contributed by atoms with E-state index in [2.05, 4.69) is 4.98 Å². The van der Waals surface area contributed by atoms with Crippen molar-refractivity contribution in [3.05, 3.63) is 48.5 Å². The standard InChI is InChI=1S/C15H11NO3S/c17-14(18)9-19-11-5-3-4-10(8-11)15-16-12-6-1-2-7-13(12)20-15/h1-8H,9H2,(H,17,18). The van der Waals surface area contributed by atoms with Gasteiger partial charge in [-0.25, -0.2) is 9.78 Å². The number of thiazole rings is 1. The van der Waals surface area contributed by atoms with Gasteiger partial charge in [0.1, 0.15) is 10.8 Å². The van der Waals surface area contributed by atoms with Crippen LogP contribution in [0.25, 0.3) is 20.8 Å². The average Bonchev–Trinajstić information content (AvgIpc) is 2.89. The van der Waals surface area contributed by atoms with E-state index >= 15 is 0 Å². The molecule has 0 amide bonds. The zero-order chi connectivity index (χ0) is 13.9. The lowest BCUT2D eigenvalue weighted by atomic mass is 10.2. The molecule has 0 spiro atoms. The third-order valence-electron chi connectivity index (χ3n) is 2.74. The summed E-state index contributed by atoms with van der Waals surface area (Å²) in [4.78, 5) is 15.1. The molecule has 0 aliphatic carbocycles. The van der Waals surface area contributed by atoms with E-state index in [1.165, 1.54) is 0 Å². The Morgan fingerprint density at radius 2 is 2.05 bits per heavy atom. The second-order valence-corrected chi connectivity index (χ2v) is 5.23. The van der Waals surface area contributed by atoms with E-state index in [1.807, 2.05) is 36.4 Å². The van der Waals surface area contributed by atoms with Gasteiger partial charge in [-0.05, 0) is 24.3 Å². The van der Waals surface area contributed by atoms with Gasteiger partial charge >= 0.3 is 5.97 Å². The molecule has 0 fully saturated rings. The van der Waals surface area contributed by atoms with Gasteiger partial charge in [0.2, 0.25) is 0 Å². The Morgan fingerprint density at radius 1 is 1.20 bits per heavy atom. The van der Waals surface area contributed by atoms with E-state index in [0.29, 0.717) is 5.75 Å². The minimum Gasteiger partial charge on any atom is -0.482 e. The second kappa shape index (κ2) is 5.30. The molecule has 0 saturated heterocycles. The predicted molar refractivity (Wildman–Crippen MR) is 78.2 cm³/mol. The van der Waals surface area contributed by atoms with Crippen LogP contribution in [0.1, 0.15) is 0 Å². The molecule has 0 bridgehead atoms. The van der Waals surface area contributed by atoms with Crippen LogP contribution < -0.4 is 4.74 Å². The Hall–Kier alpha value is -2.40. The number of fused-ring (bicyclic) bond motifs is 1. The molecule has 0 atom stereocenters. The molecule has 0 aliphatic rings. The number of ether oxygens (including phenoxy) is 1. The van der Waals surface area contributed by atoms with Gasteiger partial charge in [0.15, 0.2) is 6.61 Å². The zero-order valence-corrected chi connectivity index (χ0v) is 11.3. The average molecular weight is 285 g/mol. The first-order valence-corrected chi connectivity index (χ1v) is 6.84. The molecule has 0 unspecified atom stereocenters. The highest BCUT2D eigenvalue weighted by Gasteiger charge is 2.07. The van der Waals surface area contributed by atoms with Crippen LogP contribution in [0.5, 0.6) is 5.75 Å². The summed E-state index contributed by atoms with van der Waals surface area (Å²) in [5.74, 6) is -0.459. The quantitative estimate of drug-likeness (QED) is 0.798. The van der Waals surface area contributed by atoms with Crippen molar-refractivity contribution in [2.75, 3.05) is 6.61 Å². The van der Waals surface area contributed by atoms with Crippen LogP contribution in [0.3, 0.4) is 0 Å². The maximum Gasteiger partial charge on any atom is 0.341 e. The topological polar surface area (TPSA) is 59.4 Å². The van der Waals surface area contributed by atoms with Crippen molar-refractivity contribution in [2.45, 2.75) is 0 Å². The minimum atomic E-state index is -0.990. The fourth-order valence-corrected chi connectivity index (χ4v) is 2.82. The third-order valence-corrected chi connectivity index (χ3v) is 3.82. The maximum absolute atomic E-state index is 10.5. The summed E-state index contributed by atoms with van der Waals surface area (Å²) in [6, 6.07) is 15.3. The Balaban J connectivity index is 1.93. The molecule has 5 heteroatoms. The summed E-state index contributed by atoms with van der Waals surface area (Å²) >= 11 is 1.60. The van der Waals surface area contributed by atoms with Crippen LogP contribution in [-0.2, 0) is 4.79 Å². The van der Waals surface area contributed by atoms with E-state index in [0.717, 1.165) is 20.8 Å². The highest BCUT2D eigenvalue weighted by Crippen LogP contribution is 2.31. The molecule has 1 heterocycles. The number of aliphatic carboxylic acids is 1. The van der Waals surface area contributed by atoms with Crippen molar-refractivity contribution in [1.29, 1.82) is 0 Å². The first-order chi connectivity index (χ1) is 9.72. The summed E-state index contributed by atoms with van der Waals surface area (Å²) in [7, 11) is 0. The van der Waals surface area contributed by atoms with Crippen LogP contribution >= 0.6 is 11.3 Å². The highest BCUT2D eigenvalue weighted by molar-refractivity contribution is 7.21. The third kappa shape index (κ3) is 2.62. The van der Waals surface area contributed by atoms with E-state index in [-0.39, 0.29) is 6.61 Å². The molecule has 0 aliphatic heterocycles. The Morgan fingerprint density at radius 3 is 2.85 bits per heavy atom. The van der Waals surface area contributed by atoms with Gasteiger partial charge in [0, 0.05) is 5.56 Å². The van der Waals surface area contributed by atoms with Crippen molar-refractivity contribution in [1.82, 2.24) is 4.98 Å². The zero-order valence-electron chi connectivity index (χ0n) is 10.4. The Bertz CT molecular complexity index is 733. The lowest BCUT2D eigenvalue weighted by Gasteiger charge is -2.04. The number of carboxylic acid groups (broad SMARTS) is 1. The summed E-state index contributed by atoms with van der Waals surface area (Å²) < 4.78 is 6.31. The SMILES string of the molecule is O=C(O)COc1cccc(-c2nc3ccccc3s2)c1. The van der Waals surface area contributed by atoms with E-state index in [4.69, 9.17) is 9.84 Å². The summed E-state index contributed by atoms with van der Waals surface area (Å²) in [6.45, 7) is -0.344. The number of carbonyl (C=O) groups is 1. The van der Waals surface area contributed by atoms with E-state index in [9.17, 15) is 4.79 Å². The maximum atomic E-state index is 10.5. The van der Waals surface area contributed by atoms with Gasteiger partial charge in [-0.1, -0.05) is 24.3 Å². The molecule has 4 nitrogen and oxygen atoms in total.